The van der Waals surface area contributed by atoms with Gasteiger partial charge in [-0.1, -0.05) is 37.1 Å². The molecule has 1 rings (SSSR count). The number of carbonyl (C=O) groups excluding carboxylic acids is 1. The average molecular weight is 299 g/mol. The highest BCUT2D eigenvalue weighted by Crippen LogP contribution is 2.32. The van der Waals surface area contributed by atoms with Crippen molar-refractivity contribution in [3.63, 3.8) is 0 Å². The standard InChI is InChI=1S/C15H19ClO4/c1-3-8-15(13(17)18,14(19)20-4-2)10-11-6-5-7-12(16)9-11/h5-7,9H,3-4,8,10H2,1-2H3,(H,17,18). The number of carbonyl (C=O) groups is 2. The fourth-order valence-electron chi connectivity index (χ4n) is 2.22. The van der Waals surface area contributed by atoms with E-state index in [9.17, 15) is 14.7 Å². The van der Waals surface area contributed by atoms with Crippen LogP contribution in [-0.4, -0.2) is 23.7 Å². The van der Waals surface area contributed by atoms with Gasteiger partial charge in [-0.2, -0.15) is 0 Å². The summed E-state index contributed by atoms with van der Waals surface area (Å²) < 4.78 is 4.97. The maximum Gasteiger partial charge on any atom is 0.323 e. The van der Waals surface area contributed by atoms with Crippen LogP contribution in [0.5, 0.6) is 0 Å². The number of aliphatic carboxylic acids is 1. The zero-order valence-corrected chi connectivity index (χ0v) is 12.4. The van der Waals surface area contributed by atoms with E-state index in [2.05, 4.69) is 0 Å². The molecule has 1 atom stereocenters. The smallest absolute Gasteiger partial charge is 0.323 e. The molecule has 0 radical (unpaired) electrons. The minimum Gasteiger partial charge on any atom is -0.480 e. The van der Waals surface area contributed by atoms with Crippen molar-refractivity contribution >= 4 is 23.5 Å². The van der Waals surface area contributed by atoms with Crippen LogP contribution in [0.2, 0.25) is 5.02 Å². The second kappa shape index (κ2) is 7.29. The minimum atomic E-state index is -1.55. The third-order valence-corrected chi connectivity index (χ3v) is 3.38. The highest BCUT2D eigenvalue weighted by atomic mass is 35.5. The summed E-state index contributed by atoms with van der Waals surface area (Å²) in [6, 6.07) is 6.88. The molecule has 110 valence electrons. The highest BCUT2D eigenvalue weighted by Gasteiger charge is 2.46. The maximum absolute atomic E-state index is 12.1. The molecule has 1 aromatic rings. The number of carboxylic acids is 1. The van der Waals surface area contributed by atoms with Crippen LogP contribution in [0.4, 0.5) is 0 Å². The van der Waals surface area contributed by atoms with Gasteiger partial charge in [-0.15, -0.1) is 0 Å². The van der Waals surface area contributed by atoms with Crippen LogP contribution in [0.1, 0.15) is 32.3 Å². The molecule has 0 aromatic heterocycles. The molecule has 0 heterocycles. The Hall–Kier alpha value is -1.55. The topological polar surface area (TPSA) is 63.6 Å². The van der Waals surface area contributed by atoms with Gasteiger partial charge in [-0.05, 0) is 37.5 Å². The zero-order valence-electron chi connectivity index (χ0n) is 11.7. The molecule has 0 saturated heterocycles. The Bertz CT molecular complexity index is 487. The lowest BCUT2D eigenvalue weighted by molar-refractivity contribution is -0.169. The second-order valence-electron chi connectivity index (χ2n) is 4.66. The predicted molar refractivity (Wildman–Crippen MR) is 76.8 cm³/mol. The Morgan fingerprint density at radius 3 is 2.55 bits per heavy atom. The van der Waals surface area contributed by atoms with Crippen molar-refractivity contribution in [2.24, 2.45) is 5.41 Å². The van der Waals surface area contributed by atoms with Crippen LogP contribution < -0.4 is 0 Å². The number of esters is 1. The lowest BCUT2D eigenvalue weighted by Gasteiger charge is -2.27. The number of rotatable bonds is 7. The van der Waals surface area contributed by atoms with E-state index in [4.69, 9.17) is 16.3 Å². The highest BCUT2D eigenvalue weighted by molar-refractivity contribution is 6.30. The Labute approximate surface area is 123 Å². The Kier molecular flexibility index (Phi) is 6.02. The van der Waals surface area contributed by atoms with Crippen LogP contribution in [0, 0.1) is 5.41 Å². The molecule has 1 unspecified atom stereocenters. The third-order valence-electron chi connectivity index (χ3n) is 3.15. The minimum absolute atomic E-state index is 0.0789. The molecule has 1 N–H and O–H groups in total. The maximum atomic E-state index is 12.1. The first-order chi connectivity index (χ1) is 9.46. The monoisotopic (exact) mass is 298 g/mol. The zero-order chi connectivity index (χ0) is 15.2. The molecule has 0 bridgehead atoms. The molecule has 4 nitrogen and oxygen atoms in total. The van der Waals surface area contributed by atoms with Gasteiger partial charge in [0.2, 0.25) is 0 Å². The summed E-state index contributed by atoms with van der Waals surface area (Å²) in [7, 11) is 0. The summed E-state index contributed by atoms with van der Waals surface area (Å²) in [5.74, 6) is -1.84. The number of ether oxygens (including phenoxy) is 1. The van der Waals surface area contributed by atoms with Gasteiger partial charge in [0, 0.05) is 5.02 Å². The summed E-state index contributed by atoms with van der Waals surface area (Å²) >= 11 is 5.91. The normalized spacial score (nSPS) is 13.6. The van der Waals surface area contributed by atoms with Crippen molar-refractivity contribution in [1.29, 1.82) is 0 Å². The average Bonchev–Trinajstić information content (AvgIpc) is 2.38. The van der Waals surface area contributed by atoms with E-state index in [0.717, 1.165) is 0 Å². The van der Waals surface area contributed by atoms with Gasteiger partial charge in [0.15, 0.2) is 5.41 Å². The molecule has 0 fully saturated rings. The number of halogens is 1. The van der Waals surface area contributed by atoms with Crippen LogP contribution in [0.3, 0.4) is 0 Å². The largest absolute Gasteiger partial charge is 0.480 e. The van der Waals surface area contributed by atoms with Crippen LogP contribution in [-0.2, 0) is 20.7 Å². The van der Waals surface area contributed by atoms with Gasteiger partial charge in [0.1, 0.15) is 0 Å². The second-order valence-corrected chi connectivity index (χ2v) is 5.10. The molecule has 0 aliphatic rings. The van der Waals surface area contributed by atoms with E-state index in [1.807, 2.05) is 6.92 Å². The van der Waals surface area contributed by atoms with Gasteiger partial charge in [-0.3, -0.25) is 9.59 Å². The molecule has 0 aliphatic carbocycles. The van der Waals surface area contributed by atoms with Crippen molar-refractivity contribution in [2.75, 3.05) is 6.61 Å². The lowest BCUT2D eigenvalue weighted by atomic mass is 9.78. The quantitative estimate of drug-likeness (QED) is 0.619. The third kappa shape index (κ3) is 3.73. The van der Waals surface area contributed by atoms with Crippen molar-refractivity contribution in [3.8, 4) is 0 Å². The summed E-state index contributed by atoms with van der Waals surface area (Å²) in [5.41, 5.74) is -0.837. The van der Waals surface area contributed by atoms with Crippen LogP contribution in [0.15, 0.2) is 24.3 Å². The number of hydrogen-bond donors (Lipinski definition) is 1. The van der Waals surface area contributed by atoms with Gasteiger partial charge < -0.3 is 9.84 Å². The van der Waals surface area contributed by atoms with Gasteiger partial charge in [-0.25, -0.2) is 0 Å². The first-order valence-electron chi connectivity index (χ1n) is 6.61. The fraction of sp³-hybridized carbons (Fsp3) is 0.467. The summed E-state index contributed by atoms with van der Waals surface area (Å²) in [6.45, 7) is 3.66. The molecule has 0 spiro atoms. The van der Waals surface area contributed by atoms with Gasteiger partial charge >= 0.3 is 11.9 Å². The molecule has 1 aromatic carbocycles. The van der Waals surface area contributed by atoms with Gasteiger partial charge in [0.25, 0.3) is 0 Å². The van der Waals surface area contributed by atoms with E-state index in [1.54, 1.807) is 31.2 Å². The summed E-state index contributed by atoms with van der Waals surface area (Å²) in [4.78, 5) is 23.8. The van der Waals surface area contributed by atoms with Crippen LogP contribution >= 0.6 is 11.6 Å². The number of benzene rings is 1. The van der Waals surface area contributed by atoms with E-state index in [0.29, 0.717) is 17.0 Å². The predicted octanol–water partition coefficient (Wildman–Crippen LogP) is 3.32. The molecule has 0 amide bonds. The van der Waals surface area contributed by atoms with Crippen LogP contribution in [0.25, 0.3) is 0 Å². The molecule has 0 saturated carbocycles. The first-order valence-corrected chi connectivity index (χ1v) is 6.99. The summed E-state index contributed by atoms with van der Waals surface area (Å²) in [5, 5.41) is 10.1. The van der Waals surface area contributed by atoms with Crippen molar-refractivity contribution in [2.45, 2.75) is 33.1 Å². The lowest BCUT2D eigenvalue weighted by Crippen LogP contribution is -2.42. The SMILES string of the molecule is CCCC(Cc1cccc(Cl)c1)(C(=O)O)C(=O)OCC. The number of carboxylic acid groups (broad SMARTS) is 1. The van der Waals surface area contributed by atoms with E-state index < -0.39 is 17.4 Å². The van der Waals surface area contributed by atoms with Crippen molar-refractivity contribution in [1.82, 2.24) is 0 Å². The first kappa shape index (κ1) is 16.5. The Morgan fingerprint density at radius 1 is 1.35 bits per heavy atom. The molecular formula is C15H19ClO4. The molecule has 20 heavy (non-hydrogen) atoms. The Balaban J connectivity index is 3.15. The van der Waals surface area contributed by atoms with Gasteiger partial charge in [0.05, 0.1) is 6.61 Å². The molecule has 5 heteroatoms. The Morgan fingerprint density at radius 2 is 2.05 bits per heavy atom. The molecule has 0 aliphatic heterocycles. The molecular weight excluding hydrogens is 280 g/mol. The summed E-state index contributed by atoms with van der Waals surface area (Å²) in [6.07, 6.45) is 0.884. The van der Waals surface area contributed by atoms with Crippen molar-refractivity contribution in [3.05, 3.63) is 34.9 Å². The van der Waals surface area contributed by atoms with E-state index in [-0.39, 0.29) is 19.4 Å². The van der Waals surface area contributed by atoms with Crippen molar-refractivity contribution < 1.29 is 19.4 Å². The number of hydrogen-bond acceptors (Lipinski definition) is 3. The fourth-order valence-corrected chi connectivity index (χ4v) is 2.44. The van der Waals surface area contributed by atoms with E-state index in [1.165, 1.54) is 0 Å². The van der Waals surface area contributed by atoms with E-state index >= 15 is 0 Å².